The maximum Gasteiger partial charge on any atom is 0.232 e. The van der Waals surface area contributed by atoms with E-state index in [1.807, 2.05) is 18.2 Å². The van der Waals surface area contributed by atoms with Gasteiger partial charge in [0.1, 0.15) is 0 Å². The van der Waals surface area contributed by atoms with Gasteiger partial charge >= 0.3 is 0 Å². The van der Waals surface area contributed by atoms with Crippen molar-refractivity contribution in [1.29, 1.82) is 0 Å². The number of carbonyl (C=O) groups is 1. The Hall–Kier alpha value is -1.81. The molecule has 1 heterocycles. The average Bonchev–Trinajstić information content (AvgIpc) is 3.07. The predicted molar refractivity (Wildman–Crippen MR) is 79.9 cm³/mol. The highest BCUT2D eigenvalue weighted by Crippen LogP contribution is 2.47. The molecule has 0 radical (unpaired) electrons. The zero-order valence-electron chi connectivity index (χ0n) is 11.1. The van der Waals surface area contributed by atoms with Gasteiger partial charge in [-0.15, -0.1) is 12.4 Å². The van der Waals surface area contributed by atoms with Crippen LogP contribution in [-0.4, -0.2) is 22.4 Å². The maximum atomic E-state index is 12.3. The Labute approximate surface area is 124 Å². The summed E-state index contributed by atoms with van der Waals surface area (Å²) in [5, 5.41) is 3.04. The Morgan fingerprint density at radius 1 is 1.30 bits per heavy atom. The zero-order valence-corrected chi connectivity index (χ0v) is 12.0. The molecule has 0 aliphatic heterocycles. The minimum atomic E-state index is -0.340. The van der Waals surface area contributed by atoms with Gasteiger partial charge in [-0.25, -0.2) is 4.98 Å². The topological polar surface area (TPSA) is 57.8 Å². The number of hydrogen-bond donors (Lipinski definition) is 2. The number of halogens is 1. The molecule has 1 aromatic heterocycles. The van der Waals surface area contributed by atoms with Crippen LogP contribution in [0.4, 0.5) is 0 Å². The van der Waals surface area contributed by atoms with Crippen LogP contribution in [0, 0.1) is 0 Å². The van der Waals surface area contributed by atoms with E-state index in [2.05, 4.69) is 27.4 Å². The first-order valence-corrected chi connectivity index (χ1v) is 6.62. The molecule has 0 atom stereocenters. The maximum absolute atomic E-state index is 12.3. The molecule has 20 heavy (non-hydrogen) atoms. The molecule has 106 valence electrons. The number of nitrogens with zero attached hydrogens (tertiary/aromatic N) is 1. The van der Waals surface area contributed by atoms with Gasteiger partial charge in [-0.3, -0.25) is 4.79 Å². The van der Waals surface area contributed by atoms with Crippen molar-refractivity contribution in [3.05, 3.63) is 54.1 Å². The van der Waals surface area contributed by atoms with Gasteiger partial charge in [-0.2, -0.15) is 0 Å². The van der Waals surface area contributed by atoms with Gasteiger partial charge in [0.25, 0.3) is 0 Å². The predicted octanol–water partition coefficient (Wildman–Crippen LogP) is 2.22. The van der Waals surface area contributed by atoms with Crippen LogP contribution < -0.4 is 5.32 Å². The molecular weight excluding hydrogens is 274 g/mol. The molecule has 0 spiro atoms. The SMILES string of the molecule is Cl.O=C(NCCc1ccccc1)C1(c2cnc[nH]2)CC1. The molecule has 1 aromatic carbocycles. The third kappa shape index (κ3) is 2.85. The molecule has 0 bridgehead atoms. The highest BCUT2D eigenvalue weighted by Gasteiger charge is 2.52. The van der Waals surface area contributed by atoms with Crippen molar-refractivity contribution in [1.82, 2.24) is 15.3 Å². The lowest BCUT2D eigenvalue weighted by atomic mass is 10.0. The minimum absolute atomic E-state index is 0. The second-order valence-electron chi connectivity index (χ2n) is 5.04. The number of aromatic amines is 1. The standard InChI is InChI=1S/C15H17N3O.ClH/c19-14(15(7-8-15)13-10-16-11-18-13)17-9-6-12-4-2-1-3-5-12;/h1-5,10-11H,6-9H2,(H,16,18)(H,17,19);1H. The Kier molecular flexibility index (Phi) is 4.45. The lowest BCUT2D eigenvalue weighted by Gasteiger charge is -2.13. The highest BCUT2D eigenvalue weighted by atomic mass is 35.5. The fourth-order valence-electron chi connectivity index (χ4n) is 2.40. The summed E-state index contributed by atoms with van der Waals surface area (Å²) in [7, 11) is 0. The van der Waals surface area contributed by atoms with Crippen molar-refractivity contribution in [3.8, 4) is 0 Å². The van der Waals surface area contributed by atoms with Gasteiger partial charge in [0.2, 0.25) is 5.91 Å². The van der Waals surface area contributed by atoms with Crippen molar-refractivity contribution in [2.75, 3.05) is 6.54 Å². The van der Waals surface area contributed by atoms with Crippen molar-refractivity contribution < 1.29 is 4.79 Å². The van der Waals surface area contributed by atoms with Crippen molar-refractivity contribution >= 4 is 18.3 Å². The van der Waals surface area contributed by atoms with Crippen molar-refractivity contribution in [2.24, 2.45) is 0 Å². The number of nitrogens with one attached hydrogen (secondary N) is 2. The first kappa shape index (κ1) is 14.6. The van der Waals surface area contributed by atoms with E-state index in [0.29, 0.717) is 6.54 Å². The number of aromatic nitrogens is 2. The summed E-state index contributed by atoms with van der Waals surface area (Å²) in [6.45, 7) is 0.679. The number of rotatable bonds is 5. The summed E-state index contributed by atoms with van der Waals surface area (Å²) in [5.41, 5.74) is 1.84. The van der Waals surface area contributed by atoms with E-state index < -0.39 is 0 Å². The first-order valence-electron chi connectivity index (χ1n) is 6.62. The summed E-state index contributed by atoms with van der Waals surface area (Å²) in [6.07, 6.45) is 6.07. The molecule has 1 aliphatic carbocycles. The fourth-order valence-corrected chi connectivity index (χ4v) is 2.40. The molecular formula is C15H18ClN3O. The van der Waals surface area contributed by atoms with Gasteiger partial charge in [0, 0.05) is 12.7 Å². The van der Waals surface area contributed by atoms with Crippen LogP contribution in [0.2, 0.25) is 0 Å². The van der Waals surface area contributed by atoms with E-state index >= 15 is 0 Å². The Bertz CT molecular complexity index is 550. The van der Waals surface area contributed by atoms with Crippen LogP contribution in [0.3, 0.4) is 0 Å². The largest absolute Gasteiger partial charge is 0.355 e. The number of benzene rings is 1. The normalized spacial score (nSPS) is 15.2. The molecule has 1 fully saturated rings. The molecule has 2 N–H and O–H groups in total. The molecule has 2 aromatic rings. The molecule has 1 saturated carbocycles. The van der Waals surface area contributed by atoms with Crippen LogP contribution in [-0.2, 0) is 16.6 Å². The van der Waals surface area contributed by atoms with Gasteiger partial charge in [0.15, 0.2) is 0 Å². The van der Waals surface area contributed by atoms with E-state index in [0.717, 1.165) is 25.0 Å². The molecule has 4 nitrogen and oxygen atoms in total. The smallest absolute Gasteiger partial charge is 0.232 e. The van der Waals surface area contributed by atoms with E-state index in [4.69, 9.17) is 0 Å². The number of H-pyrrole nitrogens is 1. The zero-order chi connectivity index (χ0) is 13.1. The number of amides is 1. The van der Waals surface area contributed by atoms with E-state index in [1.165, 1.54) is 5.56 Å². The molecule has 1 aliphatic rings. The third-order valence-electron chi connectivity index (χ3n) is 3.74. The molecule has 0 unspecified atom stereocenters. The number of imidazole rings is 1. The van der Waals surface area contributed by atoms with Crippen LogP contribution in [0.5, 0.6) is 0 Å². The van der Waals surface area contributed by atoms with Crippen LogP contribution in [0.15, 0.2) is 42.9 Å². The van der Waals surface area contributed by atoms with Crippen LogP contribution in [0.1, 0.15) is 24.1 Å². The van der Waals surface area contributed by atoms with Crippen LogP contribution in [0.25, 0.3) is 0 Å². The quantitative estimate of drug-likeness (QED) is 0.887. The van der Waals surface area contributed by atoms with Gasteiger partial charge in [-0.1, -0.05) is 30.3 Å². The Morgan fingerprint density at radius 2 is 2.05 bits per heavy atom. The monoisotopic (exact) mass is 291 g/mol. The second-order valence-corrected chi connectivity index (χ2v) is 5.04. The molecule has 5 heteroatoms. The van der Waals surface area contributed by atoms with Gasteiger partial charge < -0.3 is 10.3 Å². The van der Waals surface area contributed by atoms with Crippen LogP contribution >= 0.6 is 12.4 Å². The summed E-state index contributed by atoms with van der Waals surface area (Å²) in [5.74, 6) is 0.118. The highest BCUT2D eigenvalue weighted by molar-refractivity contribution is 5.90. The average molecular weight is 292 g/mol. The first-order chi connectivity index (χ1) is 9.31. The second kappa shape index (κ2) is 6.09. The summed E-state index contributed by atoms with van der Waals surface area (Å²) in [6, 6.07) is 10.2. The van der Waals surface area contributed by atoms with E-state index in [1.54, 1.807) is 12.5 Å². The van der Waals surface area contributed by atoms with Crippen molar-refractivity contribution in [3.63, 3.8) is 0 Å². The van der Waals surface area contributed by atoms with Gasteiger partial charge in [0.05, 0.1) is 17.4 Å². The van der Waals surface area contributed by atoms with E-state index in [9.17, 15) is 4.79 Å². The lowest BCUT2D eigenvalue weighted by Crippen LogP contribution is -2.36. The van der Waals surface area contributed by atoms with Gasteiger partial charge in [-0.05, 0) is 24.8 Å². The van der Waals surface area contributed by atoms with E-state index in [-0.39, 0.29) is 23.7 Å². The Morgan fingerprint density at radius 3 is 2.65 bits per heavy atom. The lowest BCUT2D eigenvalue weighted by molar-refractivity contribution is -0.123. The number of hydrogen-bond acceptors (Lipinski definition) is 2. The minimum Gasteiger partial charge on any atom is -0.355 e. The molecule has 0 saturated heterocycles. The third-order valence-corrected chi connectivity index (χ3v) is 3.74. The Balaban J connectivity index is 0.00000147. The summed E-state index contributed by atoms with van der Waals surface area (Å²) >= 11 is 0. The van der Waals surface area contributed by atoms with Crippen molar-refractivity contribution in [2.45, 2.75) is 24.7 Å². The molecule has 1 amide bonds. The molecule has 3 rings (SSSR count). The summed E-state index contributed by atoms with van der Waals surface area (Å²) < 4.78 is 0. The fraction of sp³-hybridized carbons (Fsp3) is 0.333. The summed E-state index contributed by atoms with van der Waals surface area (Å²) in [4.78, 5) is 19.3. The number of carbonyl (C=O) groups excluding carboxylic acids is 1.